The Morgan fingerprint density at radius 2 is 2.16 bits per heavy atom. The zero-order valence-corrected chi connectivity index (χ0v) is 11.9. The van der Waals surface area contributed by atoms with Crippen LogP contribution in [0.1, 0.15) is 16.3 Å². The van der Waals surface area contributed by atoms with E-state index in [9.17, 15) is 4.79 Å². The van der Waals surface area contributed by atoms with Crippen molar-refractivity contribution in [3.05, 3.63) is 45.9 Å². The van der Waals surface area contributed by atoms with Crippen LogP contribution < -0.4 is 10.6 Å². The maximum Gasteiger partial charge on any atom is 0.224 e. The predicted molar refractivity (Wildman–Crippen MR) is 78.4 cm³/mol. The molecule has 0 aliphatic heterocycles. The fourth-order valence-corrected chi connectivity index (χ4v) is 2.47. The topological polar surface area (TPSA) is 54.0 Å². The molecule has 2 N–H and O–H groups in total. The summed E-state index contributed by atoms with van der Waals surface area (Å²) in [5.74, 6) is 0.0133. The van der Waals surface area contributed by atoms with Crippen molar-refractivity contribution >= 4 is 22.9 Å². The molecule has 0 fully saturated rings. The quantitative estimate of drug-likeness (QED) is 0.880. The summed E-state index contributed by atoms with van der Waals surface area (Å²) in [5.41, 5.74) is 3.02. The molecule has 1 aromatic carbocycles. The summed E-state index contributed by atoms with van der Waals surface area (Å²) < 4.78 is 0. The molecule has 2 rings (SSSR count). The lowest BCUT2D eigenvalue weighted by molar-refractivity contribution is -0.119. The van der Waals surface area contributed by atoms with Crippen LogP contribution in [0.25, 0.3) is 0 Å². The van der Waals surface area contributed by atoms with Crippen molar-refractivity contribution in [3.63, 3.8) is 0 Å². The van der Waals surface area contributed by atoms with E-state index in [0.717, 1.165) is 22.0 Å². The Balaban J connectivity index is 2.05. The van der Waals surface area contributed by atoms with Gasteiger partial charge in [0.15, 0.2) is 0 Å². The van der Waals surface area contributed by atoms with E-state index in [1.54, 1.807) is 18.4 Å². The molecule has 0 saturated heterocycles. The van der Waals surface area contributed by atoms with Gasteiger partial charge in [0.2, 0.25) is 5.91 Å². The monoisotopic (exact) mass is 275 g/mol. The molecule has 19 heavy (non-hydrogen) atoms. The van der Waals surface area contributed by atoms with Crippen molar-refractivity contribution in [2.24, 2.45) is 0 Å². The summed E-state index contributed by atoms with van der Waals surface area (Å²) >= 11 is 1.64. The highest BCUT2D eigenvalue weighted by Gasteiger charge is 2.06. The van der Waals surface area contributed by atoms with Crippen LogP contribution in [0, 0.1) is 6.92 Å². The molecule has 0 radical (unpaired) electrons. The SMILES string of the molecule is CNC(=O)Cc1ccccc1NCc1nc(C)cs1. The summed E-state index contributed by atoms with van der Waals surface area (Å²) in [6.45, 7) is 2.67. The first-order chi connectivity index (χ1) is 9.19. The van der Waals surface area contributed by atoms with Gasteiger partial charge in [0, 0.05) is 23.8 Å². The number of hydrogen-bond donors (Lipinski definition) is 2. The van der Waals surface area contributed by atoms with Gasteiger partial charge < -0.3 is 10.6 Å². The summed E-state index contributed by atoms with van der Waals surface area (Å²) in [6.07, 6.45) is 0.385. The normalized spacial score (nSPS) is 10.2. The van der Waals surface area contributed by atoms with Crippen molar-refractivity contribution in [3.8, 4) is 0 Å². The van der Waals surface area contributed by atoms with Crippen LogP contribution in [0.4, 0.5) is 5.69 Å². The van der Waals surface area contributed by atoms with Crippen LogP contribution in [0.2, 0.25) is 0 Å². The van der Waals surface area contributed by atoms with Crippen LogP contribution in [0.5, 0.6) is 0 Å². The van der Waals surface area contributed by atoms with Gasteiger partial charge in [0.05, 0.1) is 13.0 Å². The third kappa shape index (κ3) is 3.79. The van der Waals surface area contributed by atoms with Crippen molar-refractivity contribution in [2.45, 2.75) is 19.9 Å². The van der Waals surface area contributed by atoms with Gasteiger partial charge in [-0.15, -0.1) is 11.3 Å². The Bertz CT molecular complexity index is 565. The van der Waals surface area contributed by atoms with Gasteiger partial charge >= 0.3 is 0 Å². The number of nitrogens with one attached hydrogen (secondary N) is 2. The van der Waals surface area contributed by atoms with E-state index in [-0.39, 0.29) is 5.91 Å². The Labute approximate surface area is 116 Å². The molecule has 0 unspecified atom stereocenters. The number of carbonyl (C=O) groups excluding carboxylic acids is 1. The second-order valence-electron chi connectivity index (χ2n) is 4.24. The first-order valence-electron chi connectivity index (χ1n) is 6.12. The number of likely N-dealkylation sites (N-methyl/N-ethyl adjacent to an activating group) is 1. The minimum absolute atomic E-state index is 0.0133. The zero-order valence-electron chi connectivity index (χ0n) is 11.1. The third-order valence-corrected chi connectivity index (χ3v) is 3.71. The Hall–Kier alpha value is -1.88. The maximum absolute atomic E-state index is 11.5. The molecule has 0 aliphatic carbocycles. The fraction of sp³-hybridized carbons (Fsp3) is 0.286. The lowest BCUT2D eigenvalue weighted by Gasteiger charge is -2.10. The smallest absolute Gasteiger partial charge is 0.224 e. The molecule has 0 saturated carbocycles. The number of carbonyl (C=O) groups is 1. The van der Waals surface area contributed by atoms with E-state index < -0.39 is 0 Å². The molecule has 100 valence electrons. The van der Waals surface area contributed by atoms with Crippen LogP contribution >= 0.6 is 11.3 Å². The van der Waals surface area contributed by atoms with Crippen LogP contribution in [-0.4, -0.2) is 17.9 Å². The molecule has 1 amide bonds. The lowest BCUT2D eigenvalue weighted by atomic mass is 10.1. The molecule has 4 nitrogen and oxygen atoms in total. The molecule has 0 spiro atoms. The van der Waals surface area contributed by atoms with Gasteiger partial charge in [-0.25, -0.2) is 4.98 Å². The number of anilines is 1. The molecule has 1 heterocycles. The average molecular weight is 275 g/mol. The van der Waals surface area contributed by atoms with E-state index in [1.165, 1.54) is 0 Å². The first-order valence-corrected chi connectivity index (χ1v) is 7.00. The molecule has 1 aromatic heterocycles. The molecular formula is C14H17N3OS. The largest absolute Gasteiger partial charge is 0.378 e. The number of aromatic nitrogens is 1. The number of amides is 1. The second-order valence-corrected chi connectivity index (χ2v) is 5.19. The Morgan fingerprint density at radius 3 is 2.84 bits per heavy atom. The zero-order chi connectivity index (χ0) is 13.7. The van der Waals surface area contributed by atoms with Crippen LogP contribution in [0.3, 0.4) is 0 Å². The summed E-state index contributed by atoms with van der Waals surface area (Å²) in [7, 11) is 1.65. The number of nitrogens with zero attached hydrogens (tertiary/aromatic N) is 1. The van der Waals surface area contributed by atoms with E-state index in [2.05, 4.69) is 15.6 Å². The van der Waals surface area contributed by atoms with E-state index in [1.807, 2.05) is 36.6 Å². The Morgan fingerprint density at radius 1 is 1.37 bits per heavy atom. The molecule has 0 atom stereocenters. The van der Waals surface area contributed by atoms with Crippen LogP contribution in [0.15, 0.2) is 29.6 Å². The second kappa shape index (κ2) is 6.33. The van der Waals surface area contributed by atoms with E-state index in [0.29, 0.717) is 13.0 Å². The molecular weight excluding hydrogens is 258 g/mol. The minimum atomic E-state index is 0.0133. The maximum atomic E-state index is 11.5. The summed E-state index contributed by atoms with van der Waals surface area (Å²) in [5, 5.41) is 9.06. The highest BCUT2D eigenvalue weighted by atomic mass is 32.1. The summed E-state index contributed by atoms with van der Waals surface area (Å²) in [4.78, 5) is 15.9. The molecule has 0 bridgehead atoms. The van der Waals surface area contributed by atoms with Gasteiger partial charge in [0.1, 0.15) is 5.01 Å². The summed E-state index contributed by atoms with van der Waals surface area (Å²) in [6, 6.07) is 7.85. The minimum Gasteiger partial charge on any atom is -0.378 e. The van der Waals surface area contributed by atoms with Crippen molar-refractivity contribution in [1.29, 1.82) is 0 Å². The highest BCUT2D eigenvalue weighted by molar-refractivity contribution is 7.09. The predicted octanol–water partition coefficient (Wildman–Crippen LogP) is 2.35. The first kappa shape index (κ1) is 13.5. The molecule has 2 aromatic rings. The van der Waals surface area contributed by atoms with Crippen molar-refractivity contribution < 1.29 is 4.79 Å². The van der Waals surface area contributed by atoms with Gasteiger partial charge in [-0.1, -0.05) is 18.2 Å². The highest BCUT2D eigenvalue weighted by Crippen LogP contribution is 2.18. The number of thiazole rings is 1. The number of rotatable bonds is 5. The number of hydrogen-bond acceptors (Lipinski definition) is 4. The van der Waals surface area contributed by atoms with Crippen molar-refractivity contribution in [1.82, 2.24) is 10.3 Å². The average Bonchev–Trinajstić information content (AvgIpc) is 2.83. The van der Waals surface area contributed by atoms with Crippen molar-refractivity contribution in [2.75, 3.05) is 12.4 Å². The number of para-hydroxylation sites is 1. The van der Waals surface area contributed by atoms with Gasteiger partial charge in [-0.2, -0.15) is 0 Å². The third-order valence-electron chi connectivity index (χ3n) is 2.74. The van der Waals surface area contributed by atoms with Gasteiger partial charge in [-0.3, -0.25) is 4.79 Å². The fourth-order valence-electron chi connectivity index (χ4n) is 1.76. The number of aryl methyl sites for hydroxylation is 1. The number of benzene rings is 1. The lowest BCUT2D eigenvalue weighted by Crippen LogP contribution is -2.20. The molecule has 0 aliphatic rings. The standard InChI is InChI=1S/C14H17N3OS/c1-10-9-19-14(17-10)8-16-12-6-4-3-5-11(12)7-13(18)15-2/h3-6,9,16H,7-8H2,1-2H3,(H,15,18). The van der Waals surface area contributed by atoms with E-state index >= 15 is 0 Å². The van der Waals surface area contributed by atoms with Gasteiger partial charge in [-0.05, 0) is 18.6 Å². The van der Waals surface area contributed by atoms with E-state index in [4.69, 9.17) is 0 Å². The van der Waals surface area contributed by atoms with Gasteiger partial charge in [0.25, 0.3) is 0 Å². The Kier molecular flexibility index (Phi) is 4.52. The molecule has 5 heteroatoms. The van der Waals surface area contributed by atoms with Crippen LogP contribution in [-0.2, 0) is 17.8 Å².